The quantitative estimate of drug-likeness (QED) is 0.228. The molecule has 7 heteroatoms. The molecule has 6 nitrogen and oxygen atoms in total. The van der Waals surface area contributed by atoms with Gasteiger partial charge in [-0.15, -0.1) is 0 Å². The number of benzene rings is 2. The molecule has 2 aliphatic rings. The smallest absolute Gasteiger partial charge is 0.340 e. The molecule has 3 aromatic rings. The molecule has 1 saturated heterocycles. The number of carbonyl (C=O) groups is 1. The highest BCUT2D eigenvalue weighted by molar-refractivity contribution is 5.89. The SMILES string of the molecule is Cc1ccc(C[C@H]2CCc3cc(-c4c(C)nc(C)c([C@H](OC(C)(C)C)C(=O)OC(C)C)c4N4CCC(C)(C)CC4)ccc3O2)c(F)c1. The number of hydrogen-bond acceptors (Lipinski definition) is 6. The number of pyridine rings is 1. The van der Waals surface area contributed by atoms with Crippen LogP contribution in [0, 0.1) is 32.0 Å². The summed E-state index contributed by atoms with van der Waals surface area (Å²) in [6, 6.07) is 11.8. The van der Waals surface area contributed by atoms with E-state index in [4.69, 9.17) is 19.2 Å². The zero-order valence-electron chi connectivity index (χ0n) is 30.1. The maximum atomic E-state index is 14.6. The van der Waals surface area contributed by atoms with E-state index in [9.17, 15) is 9.18 Å². The summed E-state index contributed by atoms with van der Waals surface area (Å²) in [4.78, 5) is 21.3. The van der Waals surface area contributed by atoms with E-state index in [2.05, 4.69) is 37.8 Å². The van der Waals surface area contributed by atoms with Crippen LogP contribution in [0.1, 0.15) is 107 Å². The van der Waals surface area contributed by atoms with Gasteiger partial charge in [0.25, 0.3) is 0 Å². The van der Waals surface area contributed by atoms with Gasteiger partial charge < -0.3 is 19.1 Å². The lowest BCUT2D eigenvalue weighted by molar-refractivity contribution is -0.171. The van der Waals surface area contributed by atoms with Crippen molar-refractivity contribution in [2.75, 3.05) is 18.0 Å². The zero-order chi connectivity index (χ0) is 34.3. The van der Waals surface area contributed by atoms with Crippen LogP contribution in [0.15, 0.2) is 36.4 Å². The molecule has 0 unspecified atom stereocenters. The first-order valence-electron chi connectivity index (χ1n) is 17.2. The lowest BCUT2D eigenvalue weighted by Gasteiger charge is -2.41. The highest BCUT2D eigenvalue weighted by Crippen LogP contribution is 2.46. The van der Waals surface area contributed by atoms with Gasteiger partial charge in [0.05, 0.1) is 17.4 Å². The standard InChI is InChI=1S/C40H53FN2O4/c1-24(2)45-38(44)37(47-39(6,7)8)35-27(5)42-26(4)34(36(35)43-19-17-40(9,10)18-20-43)30-14-16-33-29(22-30)13-15-31(46-33)23-28-12-11-25(3)21-32(28)41/h11-12,14,16,21-22,24,31,37H,13,15,17-20,23H2,1-10H3/t31-,37+/m1/s1. The van der Waals surface area contributed by atoms with Crippen molar-refractivity contribution < 1.29 is 23.4 Å². The van der Waals surface area contributed by atoms with Crippen molar-refractivity contribution in [3.8, 4) is 16.9 Å². The number of esters is 1. The third kappa shape index (κ3) is 8.17. The van der Waals surface area contributed by atoms with Crippen LogP contribution in [0.4, 0.5) is 10.1 Å². The topological polar surface area (TPSA) is 60.9 Å². The molecule has 0 radical (unpaired) electrons. The largest absolute Gasteiger partial charge is 0.490 e. The number of nitrogens with zero attached hydrogens (tertiary/aromatic N) is 2. The maximum absolute atomic E-state index is 14.6. The molecule has 47 heavy (non-hydrogen) atoms. The summed E-state index contributed by atoms with van der Waals surface area (Å²) in [6.45, 7) is 21.9. The molecule has 0 N–H and O–H groups in total. The second-order valence-corrected chi connectivity index (χ2v) is 15.6. The minimum absolute atomic E-state index is 0.0884. The number of carbonyl (C=O) groups excluding carboxylic acids is 1. The summed E-state index contributed by atoms with van der Waals surface area (Å²) in [5.74, 6) is 0.266. The number of halogens is 1. The van der Waals surface area contributed by atoms with E-state index in [-0.39, 0.29) is 23.4 Å². The summed E-state index contributed by atoms with van der Waals surface area (Å²) in [7, 11) is 0. The molecule has 254 valence electrons. The van der Waals surface area contributed by atoms with Crippen LogP contribution >= 0.6 is 0 Å². The van der Waals surface area contributed by atoms with Gasteiger partial charge in [-0.05, 0) is 127 Å². The molecule has 0 amide bonds. The van der Waals surface area contributed by atoms with Crippen LogP contribution in [0.25, 0.3) is 11.1 Å². The first kappa shape index (κ1) is 34.9. The summed E-state index contributed by atoms with van der Waals surface area (Å²) in [6.07, 6.45) is 2.94. The minimum Gasteiger partial charge on any atom is -0.490 e. The second kappa shape index (κ2) is 13.6. The van der Waals surface area contributed by atoms with Gasteiger partial charge in [-0.1, -0.05) is 32.0 Å². The van der Waals surface area contributed by atoms with Crippen LogP contribution in [-0.4, -0.2) is 41.9 Å². The van der Waals surface area contributed by atoms with E-state index in [0.29, 0.717) is 12.0 Å². The average Bonchev–Trinajstić information content (AvgIpc) is 2.96. The lowest BCUT2D eigenvalue weighted by atomic mass is 9.81. The number of fused-ring (bicyclic) bond motifs is 1. The first-order valence-corrected chi connectivity index (χ1v) is 17.2. The van der Waals surface area contributed by atoms with Crippen LogP contribution in [-0.2, 0) is 27.1 Å². The Hall–Kier alpha value is -3.45. The Morgan fingerprint density at radius 1 is 1.06 bits per heavy atom. The molecule has 0 bridgehead atoms. The van der Waals surface area contributed by atoms with Crippen molar-refractivity contribution in [2.24, 2.45) is 5.41 Å². The van der Waals surface area contributed by atoms with Crippen molar-refractivity contribution in [2.45, 2.75) is 125 Å². The molecule has 1 aromatic heterocycles. The Morgan fingerprint density at radius 3 is 2.40 bits per heavy atom. The van der Waals surface area contributed by atoms with E-state index < -0.39 is 17.7 Å². The Kier molecular flexibility index (Phi) is 10.1. The molecule has 1 fully saturated rings. The van der Waals surface area contributed by atoms with E-state index >= 15 is 0 Å². The van der Waals surface area contributed by atoms with Crippen LogP contribution in [0.3, 0.4) is 0 Å². The van der Waals surface area contributed by atoms with Crippen molar-refractivity contribution >= 4 is 11.7 Å². The van der Waals surface area contributed by atoms with Gasteiger partial charge in [-0.3, -0.25) is 4.98 Å². The molecule has 2 aromatic carbocycles. The Morgan fingerprint density at radius 2 is 1.77 bits per heavy atom. The van der Waals surface area contributed by atoms with Gasteiger partial charge >= 0.3 is 5.97 Å². The normalized spacial score (nSPS) is 18.5. The van der Waals surface area contributed by atoms with E-state index in [1.54, 1.807) is 6.07 Å². The molecule has 0 saturated carbocycles. The predicted octanol–water partition coefficient (Wildman–Crippen LogP) is 9.18. The number of ether oxygens (including phenoxy) is 3. The second-order valence-electron chi connectivity index (χ2n) is 15.6. The highest BCUT2D eigenvalue weighted by Gasteiger charge is 2.38. The van der Waals surface area contributed by atoms with Gasteiger partial charge in [-0.25, -0.2) is 9.18 Å². The van der Waals surface area contributed by atoms with Gasteiger partial charge in [0, 0.05) is 42.0 Å². The Labute approximate surface area is 281 Å². The predicted molar refractivity (Wildman–Crippen MR) is 187 cm³/mol. The summed E-state index contributed by atoms with van der Waals surface area (Å²) >= 11 is 0. The fourth-order valence-corrected chi connectivity index (χ4v) is 6.85. The molecule has 3 heterocycles. The fraction of sp³-hybridized carbons (Fsp3) is 0.550. The Bertz CT molecular complexity index is 1610. The molecule has 2 aliphatic heterocycles. The van der Waals surface area contributed by atoms with Crippen LogP contribution < -0.4 is 9.64 Å². The van der Waals surface area contributed by atoms with E-state index in [1.807, 2.05) is 66.7 Å². The lowest BCUT2D eigenvalue weighted by Crippen LogP contribution is -2.39. The summed E-state index contributed by atoms with van der Waals surface area (Å²) in [5, 5.41) is 0. The van der Waals surface area contributed by atoms with Gasteiger partial charge in [-0.2, -0.15) is 0 Å². The molecule has 0 aliphatic carbocycles. The maximum Gasteiger partial charge on any atom is 0.340 e. The van der Waals surface area contributed by atoms with Crippen molar-refractivity contribution in [3.63, 3.8) is 0 Å². The molecular formula is C40H53FN2O4. The van der Waals surface area contributed by atoms with Gasteiger partial charge in [0.15, 0.2) is 6.10 Å². The first-order chi connectivity index (χ1) is 22.0. The molecule has 5 rings (SSSR count). The van der Waals surface area contributed by atoms with Crippen LogP contribution in [0.5, 0.6) is 5.75 Å². The summed E-state index contributed by atoms with van der Waals surface area (Å²) < 4.78 is 33.4. The third-order valence-corrected chi connectivity index (χ3v) is 9.35. The van der Waals surface area contributed by atoms with Crippen LogP contribution in [0.2, 0.25) is 0 Å². The van der Waals surface area contributed by atoms with Crippen molar-refractivity contribution in [1.29, 1.82) is 0 Å². The molecule has 2 atom stereocenters. The van der Waals surface area contributed by atoms with E-state index in [0.717, 1.165) is 89.4 Å². The molecule has 0 spiro atoms. The van der Waals surface area contributed by atoms with Gasteiger partial charge in [0.1, 0.15) is 17.7 Å². The average molecular weight is 645 g/mol. The highest BCUT2D eigenvalue weighted by atomic mass is 19.1. The Balaban J connectivity index is 1.59. The zero-order valence-corrected chi connectivity index (χ0v) is 30.1. The number of hydrogen-bond donors (Lipinski definition) is 0. The number of aromatic nitrogens is 1. The monoisotopic (exact) mass is 644 g/mol. The van der Waals surface area contributed by atoms with Crippen molar-refractivity contribution in [3.05, 3.63) is 75.9 Å². The van der Waals surface area contributed by atoms with Crippen molar-refractivity contribution in [1.82, 2.24) is 4.98 Å². The molecular weight excluding hydrogens is 591 g/mol. The number of rotatable bonds is 8. The third-order valence-electron chi connectivity index (χ3n) is 9.35. The fourth-order valence-electron chi connectivity index (χ4n) is 6.85. The number of aryl methyl sites for hydroxylation is 4. The van der Waals surface area contributed by atoms with E-state index in [1.165, 1.54) is 0 Å². The minimum atomic E-state index is -0.932. The number of piperidine rings is 1. The number of anilines is 1. The van der Waals surface area contributed by atoms with Gasteiger partial charge in [0.2, 0.25) is 0 Å². The summed E-state index contributed by atoms with van der Waals surface area (Å²) in [5.41, 5.74) is 7.88.